The molecule has 1 rings (SSSR count). The Balaban J connectivity index is 3.35. The Kier molecular flexibility index (Phi) is 4.22. The van der Waals surface area contributed by atoms with Crippen molar-refractivity contribution >= 4 is 5.97 Å². The van der Waals surface area contributed by atoms with Gasteiger partial charge in [0.2, 0.25) is 0 Å². The molecule has 98 valence electrons. The molecular weight excluding hydrogens is 238 g/mol. The molecule has 4 heteroatoms. The van der Waals surface area contributed by atoms with Crippen molar-refractivity contribution in [3.8, 4) is 0 Å². The van der Waals surface area contributed by atoms with E-state index in [1.54, 1.807) is 32.0 Å². The summed E-state index contributed by atoms with van der Waals surface area (Å²) >= 11 is 0. The lowest BCUT2D eigenvalue weighted by molar-refractivity contribution is -0.137. The minimum Gasteiger partial charge on any atom is -0.465 e. The number of esters is 1. The van der Waals surface area contributed by atoms with Crippen molar-refractivity contribution in [1.29, 1.82) is 0 Å². The number of halogens is 2. The van der Waals surface area contributed by atoms with E-state index in [4.69, 9.17) is 0 Å². The summed E-state index contributed by atoms with van der Waals surface area (Å²) in [7, 11) is 1.09. The van der Waals surface area contributed by atoms with Crippen molar-refractivity contribution in [3.05, 3.63) is 47.0 Å². The van der Waals surface area contributed by atoms with Crippen LogP contribution in [0.5, 0.6) is 0 Å². The second-order valence-corrected chi connectivity index (χ2v) is 4.62. The molecule has 0 spiro atoms. The second-order valence-electron chi connectivity index (χ2n) is 4.62. The smallest absolute Gasteiger partial charge is 0.340 e. The van der Waals surface area contributed by atoms with Gasteiger partial charge in [-0.05, 0) is 12.5 Å². The van der Waals surface area contributed by atoms with E-state index in [0.29, 0.717) is 5.56 Å². The van der Waals surface area contributed by atoms with Gasteiger partial charge in [0.25, 0.3) is 6.08 Å². The fraction of sp³-hybridized carbons (Fsp3) is 0.357. The monoisotopic (exact) mass is 254 g/mol. The third kappa shape index (κ3) is 2.75. The molecule has 0 aliphatic carbocycles. The zero-order chi connectivity index (χ0) is 13.9. The minimum absolute atomic E-state index is 0.601. The molecule has 0 saturated heterocycles. The lowest BCUT2D eigenvalue weighted by atomic mass is 9.77. The average Bonchev–Trinajstić information content (AvgIpc) is 2.28. The molecule has 0 aliphatic heterocycles. The molecular formula is C14H16F2O2. The minimum atomic E-state index is -2.01. The van der Waals surface area contributed by atoms with Crippen LogP contribution < -0.4 is 0 Å². The number of ether oxygens (including phenoxy) is 1. The van der Waals surface area contributed by atoms with E-state index in [2.05, 4.69) is 4.74 Å². The molecule has 0 radical (unpaired) electrons. The Morgan fingerprint density at radius 2 is 1.89 bits per heavy atom. The first kappa shape index (κ1) is 14.4. The van der Waals surface area contributed by atoms with Gasteiger partial charge in [-0.15, -0.1) is 0 Å². The van der Waals surface area contributed by atoms with Gasteiger partial charge in [-0.1, -0.05) is 43.7 Å². The number of benzene rings is 1. The molecule has 18 heavy (non-hydrogen) atoms. The van der Waals surface area contributed by atoms with Crippen LogP contribution in [0.4, 0.5) is 8.78 Å². The van der Waals surface area contributed by atoms with Crippen LogP contribution in [-0.2, 0) is 14.9 Å². The van der Waals surface area contributed by atoms with Gasteiger partial charge in [-0.3, -0.25) is 0 Å². The summed E-state index contributed by atoms with van der Waals surface area (Å²) in [5.74, 6) is -0.999. The van der Waals surface area contributed by atoms with Crippen LogP contribution >= 0.6 is 0 Å². The Hall–Kier alpha value is -1.71. The molecule has 0 unspecified atom stereocenters. The molecule has 0 atom stereocenters. The van der Waals surface area contributed by atoms with Gasteiger partial charge in [-0.2, -0.15) is 8.78 Å². The Labute approximate surface area is 105 Å². The van der Waals surface area contributed by atoms with Gasteiger partial charge in [-0.25, -0.2) is 4.79 Å². The summed E-state index contributed by atoms with van der Waals surface area (Å²) in [5.41, 5.74) is -0.104. The van der Waals surface area contributed by atoms with Crippen molar-refractivity contribution < 1.29 is 18.3 Å². The molecule has 0 aromatic heterocycles. The Morgan fingerprint density at radius 3 is 2.33 bits per heavy atom. The zero-order valence-electron chi connectivity index (χ0n) is 10.9. The Bertz CT molecular complexity index is 486. The number of hydrogen-bond donors (Lipinski definition) is 0. The van der Waals surface area contributed by atoms with Crippen LogP contribution in [0.1, 0.15) is 25.0 Å². The molecule has 1 aromatic carbocycles. The molecule has 0 N–H and O–H groups in total. The van der Waals surface area contributed by atoms with E-state index < -0.39 is 23.0 Å². The van der Waals surface area contributed by atoms with Crippen molar-refractivity contribution in [2.24, 2.45) is 0 Å². The van der Waals surface area contributed by atoms with E-state index in [9.17, 15) is 13.6 Å². The van der Waals surface area contributed by atoms with Gasteiger partial charge in [0.15, 0.2) is 0 Å². The fourth-order valence-electron chi connectivity index (χ4n) is 1.85. The maximum absolute atomic E-state index is 13.0. The lowest BCUT2D eigenvalue weighted by Gasteiger charge is -2.26. The topological polar surface area (TPSA) is 26.3 Å². The Morgan fingerprint density at radius 1 is 1.28 bits per heavy atom. The van der Waals surface area contributed by atoms with Gasteiger partial charge < -0.3 is 4.74 Å². The highest BCUT2D eigenvalue weighted by Gasteiger charge is 2.35. The van der Waals surface area contributed by atoms with E-state index in [1.165, 1.54) is 0 Å². The standard InChI is InChI=1S/C14H16F2O2/c1-9-6-5-7-10(8-9)14(2,3)11(12(15)16)13(17)18-4/h5-8H,1-4H3. The predicted octanol–water partition coefficient (Wildman–Crippen LogP) is 3.60. The number of aryl methyl sites for hydroxylation is 1. The normalized spacial score (nSPS) is 11.0. The number of methoxy groups -OCH3 is 1. The quantitative estimate of drug-likeness (QED) is 0.608. The van der Waals surface area contributed by atoms with E-state index in [0.717, 1.165) is 12.7 Å². The van der Waals surface area contributed by atoms with Crippen LogP contribution in [-0.4, -0.2) is 13.1 Å². The van der Waals surface area contributed by atoms with Crippen molar-refractivity contribution in [1.82, 2.24) is 0 Å². The molecule has 0 bridgehead atoms. The van der Waals surface area contributed by atoms with Gasteiger partial charge in [0, 0.05) is 5.41 Å². The van der Waals surface area contributed by atoms with Gasteiger partial charge in [0.05, 0.1) is 7.11 Å². The first-order valence-electron chi connectivity index (χ1n) is 5.52. The zero-order valence-corrected chi connectivity index (χ0v) is 10.9. The fourth-order valence-corrected chi connectivity index (χ4v) is 1.85. The number of rotatable bonds is 3. The molecule has 2 nitrogen and oxygen atoms in total. The van der Waals surface area contributed by atoms with Gasteiger partial charge in [0.1, 0.15) is 5.57 Å². The molecule has 0 aliphatic rings. The van der Waals surface area contributed by atoms with Crippen LogP contribution in [0.25, 0.3) is 0 Å². The number of hydrogen-bond acceptors (Lipinski definition) is 2. The van der Waals surface area contributed by atoms with E-state index in [-0.39, 0.29) is 0 Å². The van der Waals surface area contributed by atoms with E-state index in [1.807, 2.05) is 13.0 Å². The summed E-state index contributed by atoms with van der Waals surface area (Å²) < 4.78 is 30.4. The maximum atomic E-state index is 13.0. The number of carbonyl (C=O) groups is 1. The highest BCUT2D eigenvalue weighted by Crippen LogP contribution is 2.35. The second kappa shape index (κ2) is 5.29. The number of carbonyl (C=O) groups excluding carboxylic acids is 1. The first-order chi connectivity index (χ1) is 8.30. The highest BCUT2D eigenvalue weighted by atomic mass is 19.3. The summed E-state index contributed by atoms with van der Waals surface area (Å²) in [4.78, 5) is 11.5. The third-order valence-electron chi connectivity index (χ3n) is 2.94. The lowest BCUT2D eigenvalue weighted by Crippen LogP contribution is -2.27. The predicted molar refractivity (Wildman–Crippen MR) is 65.5 cm³/mol. The van der Waals surface area contributed by atoms with Crippen LogP contribution in [0.3, 0.4) is 0 Å². The van der Waals surface area contributed by atoms with Crippen LogP contribution in [0.15, 0.2) is 35.9 Å². The summed E-state index contributed by atoms with van der Waals surface area (Å²) in [6, 6.07) is 7.15. The molecule has 0 heterocycles. The SMILES string of the molecule is COC(=O)C(=C(F)F)C(C)(C)c1cccc(C)c1. The average molecular weight is 254 g/mol. The highest BCUT2D eigenvalue weighted by molar-refractivity contribution is 5.91. The summed E-state index contributed by atoms with van der Waals surface area (Å²) in [5, 5.41) is 0. The van der Waals surface area contributed by atoms with Gasteiger partial charge >= 0.3 is 5.97 Å². The molecule has 0 amide bonds. The summed E-state index contributed by atoms with van der Waals surface area (Å²) in [6.07, 6.45) is -2.01. The van der Waals surface area contributed by atoms with Crippen molar-refractivity contribution in [2.75, 3.05) is 7.11 Å². The first-order valence-corrected chi connectivity index (χ1v) is 5.52. The van der Waals surface area contributed by atoms with Crippen molar-refractivity contribution in [2.45, 2.75) is 26.2 Å². The third-order valence-corrected chi connectivity index (χ3v) is 2.94. The largest absolute Gasteiger partial charge is 0.465 e. The van der Waals surface area contributed by atoms with Crippen molar-refractivity contribution in [3.63, 3.8) is 0 Å². The molecule has 0 saturated carbocycles. The van der Waals surface area contributed by atoms with E-state index >= 15 is 0 Å². The summed E-state index contributed by atoms with van der Waals surface area (Å²) in [6.45, 7) is 5.02. The van der Waals surface area contributed by atoms with Crippen LogP contribution in [0, 0.1) is 6.92 Å². The molecule has 0 fully saturated rings. The maximum Gasteiger partial charge on any atom is 0.340 e. The van der Waals surface area contributed by atoms with Crippen LogP contribution in [0.2, 0.25) is 0 Å². The molecule has 1 aromatic rings.